The zero-order valence-corrected chi connectivity index (χ0v) is 21.8. The maximum Gasteiger partial charge on any atom is 0.315 e. The molecule has 4 aliphatic rings. The maximum atomic E-state index is 13.1. The lowest BCUT2D eigenvalue weighted by Crippen LogP contribution is -2.68. The molecule has 1 unspecified atom stereocenters. The van der Waals surface area contributed by atoms with Crippen molar-refractivity contribution in [1.82, 2.24) is 20.4 Å². The fraction of sp³-hybridized carbons (Fsp3) is 0.517. The Morgan fingerprint density at radius 3 is 2.00 bits per heavy atom. The minimum Gasteiger partial charge on any atom is -0.331 e. The number of piperidine rings is 3. The summed E-state index contributed by atoms with van der Waals surface area (Å²) in [5.41, 5.74) is 2.55. The average molecular weight is 511 g/mol. The molecule has 1 atom stereocenters. The predicted octanol–water partition coefficient (Wildman–Crippen LogP) is 4.85. The van der Waals surface area contributed by atoms with Crippen molar-refractivity contribution in [3.8, 4) is 11.1 Å². The number of nitrogens with zero attached hydrogens (tertiary/aromatic N) is 2. The summed E-state index contributed by atoms with van der Waals surface area (Å²) in [7, 11) is 0. The molecule has 37 heavy (non-hydrogen) atoms. The third-order valence-corrected chi connectivity index (χ3v) is 8.50. The van der Waals surface area contributed by atoms with E-state index in [4.69, 9.17) is 0 Å². The molecule has 0 aliphatic carbocycles. The number of benzene rings is 2. The fourth-order valence-electron chi connectivity index (χ4n) is 6.14. The molecule has 4 heterocycles. The predicted molar refractivity (Wildman–Crippen MR) is 140 cm³/mol. The monoisotopic (exact) mass is 510 g/mol. The number of carbonyl (C=O) groups is 2. The number of fused-ring (bicyclic) bond motifs is 3. The van der Waals surface area contributed by atoms with E-state index in [0.29, 0.717) is 11.5 Å². The van der Waals surface area contributed by atoms with Crippen LogP contribution in [0.2, 0.25) is 0 Å². The SMILES string of the molecule is CCC1(NC(=O)NC(C)(C)c2ccc(-c3ccc(C(=O)N4CC(F)(F)C4)cc3)cc2)CN2CCC1CC2. The lowest BCUT2D eigenvalue weighted by Gasteiger charge is -2.53. The molecule has 0 saturated carbocycles. The second-order valence-corrected chi connectivity index (χ2v) is 11.4. The molecule has 0 spiro atoms. The van der Waals surface area contributed by atoms with Crippen molar-refractivity contribution < 1.29 is 18.4 Å². The van der Waals surface area contributed by atoms with Gasteiger partial charge in [0.1, 0.15) is 0 Å². The summed E-state index contributed by atoms with van der Waals surface area (Å²) in [6.07, 6.45) is 3.20. The first-order chi connectivity index (χ1) is 17.5. The topological polar surface area (TPSA) is 64.7 Å². The van der Waals surface area contributed by atoms with E-state index in [9.17, 15) is 18.4 Å². The van der Waals surface area contributed by atoms with Crippen LogP contribution in [-0.2, 0) is 5.54 Å². The number of amides is 3. The van der Waals surface area contributed by atoms with Crippen LogP contribution in [0.5, 0.6) is 0 Å². The zero-order chi connectivity index (χ0) is 26.4. The zero-order valence-electron chi connectivity index (χ0n) is 21.8. The van der Waals surface area contributed by atoms with Crippen LogP contribution in [0.4, 0.5) is 13.6 Å². The van der Waals surface area contributed by atoms with Gasteiger partial charge >= 0.3 is 6.03 Å². The number of rotatable bonds is 6. The van der Waals surface area contributed by atoms with Crippen molar-refractivity contribution in [2.24, 2.45) is 5.92 Å². The van der Waals surface area contributed by atoms with Crippen LogP contribution in [-0.4, -0.2) is 65.9 Å². The lowest BCUT2D eigenvalue weighted by atomic mass is 9.71. The van der Waals surface area contributed by atoms with Crippen LogP contribution >= 0.6 is 0 Å². The van der Waals surface area contributed by atoms with E-state index in [1.807, 2.05) is 50.2 Å². The second kappa shape index (κ2) is 9.39. The van der Waals surface area contributed by atoms with Crippen molar-refractivity contribution in [3.63, 3.8) is 0 Å². The van der Waals surface area contributed by atoms with Crippen LogP contribution in [0, 0.1) is 5.92 Å². The van der Waals surface area contributed by atoms with Crippen molar-refractivity contribution in [2.45, 2.75) is 57.0 Å². The molecule has 6 nitrogen and oxygen atoms in total. The largest absolute Gasteiger partial charge is 0.331 e. The minimum absolute atomic E-state index is 0.134. The van der Waals surface area contributed by atoms with Crippen LogP contribution in [0.1, 0.15) is 56.0 Å². The van der Waals surface area contributed by atoms with E-state index in [1.165, 1.54) is 0 Å². The molecular weight excluding hydrogens is 474 g/mol. The highest BCUT2D eigenvalue weighted by molar-refractivity contribution is 5.95. The van der Waals surface area contributed by atoms with Gasteiger partial charge in [-0.05, 0) is 80.9 Å². The highest BCUT2D eigenvalue weighted by Gasteiger charge is 2.47. The molecule has 2 bridgehead atoms. The first kappa shape index (κ1) is 25.6. The summed E-state index contributed by atoms with van der Waals surface area (Å²) in [6, 6.07) is 14.9. The lowest BCUT2D eigenvalue weighted by molar-refractivity contribution is -0.113. The van der Waals surface area contributed by atoms with Gasteiger partial charge in [0.05, 0.1) is 24.2 Å². The van der Waals surface area contributed by atoms with Gasteiger partial charge in [-0.3, -0.25) is 4.79 Å². The molecule has 8 heteroatoms. The molecule has 198 valence electrons. The number of hydrogen-bond acceptors (Lipinski definition) is 3. The smallest absolute Gasteiger partial charge is 0.315 e. The molecule has 3 amide bonds. The number of halogens is 2. The van der Waals surface area contributed by atoms with Gasteiger partial charge in [-0.2, -0.15) is 0 Å². The van der Waals surface area contributed by atoms with Gasteiger partial charge < -0.3 is 20.4 Å². The third-order valence-electron chi connectivity index (χ3n) is 8.50. The van der Waals surface area contributed by atoms with Crippen LogP contribution in [0.15, 0.2) is 48.5 Å². The van der Waals surface area contributed by atoms with Gasteiger partial charge in [0.25, 0.3) is 11.8 Å². The van der Waals surface area contributed by atoms with E-state index in [-0.39, 0.29) is 17.5 Å². The molecule has 2 aromatic rings. The highest BCUT2D eigenvalue weighted by Crippen LogP contribution is 2.38. The molecule has 0 aromatic heterocycles. The van der Waals surface area contributed by atoms with E-state index in [1.54, 1.807) is 12.1 Å². The molecular formula is C29H36F2N4O2. The third kappa shape index (κ3) is 5.08. The molecule has 2 aromatic carbocycles. The normalized spacial score (nSPS) is 26.4. The Kier molecular flexibility index (Phi) is 6.51. The Bertz CT molecular complexity index is 1150. The van der Waals surface area contributed by atoms with Crippen molar-refractivity contribution in [3.05, 3.63) is 59.7 Å². The minimum atomic E-state index is -2.77. The molecule has 4 aliphatic heterocycles. The van der Waals surface area contributed by atoms with Gasteiger partial charge in [-0.1, -0.05) is 43.3 Å². The summed E-state index contributed by atoms with van der Waals surface area (Å²) in [5.74, 6) is -2.61. The van der Waals surface area contributed by atoms with Crippen molar-refractivity contribution in [1.29, 1.82) is 0 Å². The van der Waals surface area contributed by atoms with Gasteiger partial charge in [0.15, 0.2) is 0 Å². The quantitative estimate of drug-likeness (QED) is 0.584. The summed E-state index contributed by atoms with van der Waals surface area (Å²) in [6.45, 7) is 8.30. The number of hydrogen-bond donors (Lipinski definition) is 2. The van der Waals surface area contributed by atoms with Crippen LogP contribution < -0.4 is 10.6 Å². The van der Waals surface area contributed by atoms with Crippen molar-refractivity contribution >= 4 is 11.9 Å². The van der Waals surface area contributed by atoms with Gasteiger partial charge in [-0.25, -0.2) is 13.6 Å². The van der Waals surface area contributed by atoms with Crippen molar-refractivity contribution in [2.75, 3.05) is 32.7 Å². The standard InChI is InChI=1S/C29H36F2N4O2/c1-4-28(17-34-15-13-24(28)14-16-34)33-26(37)32-27(2,3)23-11-9-21(10-12-23)20-5-7-22(8-6-20)25(36)35-18-29(30,31)19-35/h5-12,24H,4,13-19H2,1-3H3,(H2,32,33,37). The molecule has 6 rings (SSSR count). The summed E-state index contributed by atoms with van der Waals surface area (Å²) in [4.78, 5) is 29.1. The van der Waals surface area contributed by atoms with E-state index in [0.717, 1.165) is 60.5 Å². The molecule has 0 radical (unpaired) electrons. The van der Waals surface area contributed by atoms with Gasteiger partial charge in [0, 0.05) is 12.1 Å². The average Bonchev–Trinajstić information content (AvgIpc) is 2.87. The summed E-state index contributed by atoms with van der Waals surface area (Å²) >= 11 is 0. The number of likely N-dealkylation sites (tertiary alicyclic amines) is 1. The fourth-order valence-corrected chi connectivity index (χ4v) is 6.14. The molecule has 4 saturated heterocycles. The Morgan fingerprint density at radius 2 is 1.51 bits per heavy atom. The Hall–Kier alpha value is -3.00. The molecule has 2 N–H and O–H groups in total. The Morgan fingerprint density at radius 1 is 0.946 bits per heavy atom. The Balaban J connectivity index is 1.22. The summed E-state index contributed by atoms with van der Waals surface area (Å²) in [5, 5.41) is 6.53. The van der Waals surface area contributed by atoms with Crippen LogP contribution in [0.25, 0.3) is 11.1 Å². The van der Waals surface area contributed by atoms with E-state index in [2.05, 4.69) is 22.5 Å². The first-order valence-corrected chi connectivity index (χ1v) is 13.2. The number of carbonyl (C=O) groups excluding carboxylic acids is 2. The number of alkyl halides is 2. The van der Waals surface area contributed by atoms with Gasteiger partial charge in [-0.15, -0.1) is 0 Å². The molecule has 4 fully saturated rings. The van der Waals surface area contributed by atoms with E-state index < -0.39 is 24.6 Å². The number of urea groups is 1. The highest BCUT2D eigenvalue weighted by atomic mass is 19.3. The summed E-state index contributed by atoms with van der Waals surface area (Å²) < 4.78 is 26.2. The second-order valence-electron chi connectivity index (χ2n) is 11.4. The maximum absolute atomic E-state index is 13.1. The van der Waals surface area contributed by atoms with E-state index >= 15 is 0 Å². The van der Waals surface area contributed by atoms with Crippen LogP contribution in [0.3, 0.4) is 0 Å². The Labute approximate surface area is 217 Å². The first-order valence-electron chi connectivity index (χ1n) is 13.2. The number of nitrogens with one attached hydrogen (secondary N) is 2. The van der Waals surface area contributed by atoms with Gasteiger partial charge in [0.2, 0.25) is 0 Å².